The quantitative estimate of drug-likeness (QED) is 0.513. The first-order valence-corrected chi connectivity index (χ1v) is 12.1. The predicted octanol–water partition coefficient (Wildman–Crippen LogP) is 7.82. The number of aliphatic imine (C=N–C) groups is 1. The molecule has 2 heterocycles. The number of aromatic nitrogens is 1. The number of likely N-dealkylation sites (N-methyl/N-ethyl adjacent to an activating group) is 1. The Bertz CT molecular complexity index is 1120. The van der Waals surface area contributed by atoms with Crippen LogP contribution < -0.4 is 5.32 Å². The molecule has 4 nitrogen and oxygen atoms in total. The maximum absolute atomic E-state index is 5.16. The minimum absolute atomic E-state index is 0.646. The Morgan fingerprint density at radius 3 is 2.55 bits per heavy atom. The Balaban J connectivity index is 0.00000149. The molecule has 33 heavy (non-hydrogen) atoms. The van der Waals surface area contributed by atoms with Crippen molar-refractivity contribution in [2.24, 2.45) is 4.99 Å². The summed E-state index contributed by atoms with van der Waals surface area (Å²) in [4.78, 5) is 11.9. The van der Waals surface area contributed by atoms with E-state index in [9.17, 15) is 0 Å². The number of hydrogen-bond acceptors (Lipinski definition) is 4. The fourth-order valence-corrected chi connectivity index (χ4v) is 4.37. The van der Waals surface area contributed by atoms with Gasteiger partial charge >= 0.3 is 0 Å². The lowest BCUT2D eigenvalue weighted by Gasteiger charge is -2.32. The van der Waals surface area contributed by atoms with Gasteiger partial charge in [0.05, 0.1) is 5.69 Å². The molecule has 2 aromatic rings. The van der Waals surface area contributed by atoms with Crippen LogP contribution in [0.2, 0.25) is 0 Å². The van der Waals surface area contributed by atoms with Gasteiger partial charge in [0.1, 0.15) is 11.7 Å². The van der Waals surface area contributed by atoms with Crippen LogP contribution in [0.15, 0.2) is 54.2 Å². The number of rotatable bonds is 5. The van der Waals surface area contributed by atoms with Crippen LogP contribution in [0.4, 0.5) is 11.5 Å². The lowest BCUT2D eigenvalue weighted by molar-refractivity contribution is 0.671. The third-order valence-electron chi connectivity index (χ3n) is 6.09. The maximum atomic E-state index is 5.16. The van der Waals surface area contributed by atoms with Gasteiger partial charge < -0.3 is 10.2 Å². The lowest BCUT2D eigenvalue weighted by Crippen LogP contribution is -2.30. The standard InChI is InChI=1S/C27H32N4.C2H6/c1-17(2)23-14-19(4)15-28-26(23)29-16-22-12-18(3)13-24-20(5)31(6)27(30-25(22)24)21-10-8-7-9-11-21;1-2/h10,12-15H,1,5,7-9,11,16H2,2-4,6H3,(H,28,29);1-2H3. The fraction of sp³-hybridized carbons (Fsp3) is 0.379. The first kappa shape index (κ1) is 24.5. The van der Waals surface area contributed by atoms with E-state index in [0.29, 0.717) is 6.54 Å². The van der Waals surface area contributed by atoms with E-state index in [1.54, 1.807) is 0 Å². The highest BCUT2D eigenvalue weighted by Gasteiger charge is 2.26. The minimum atomic E-state index is 0.646. The van der Waals surface area contributed by atoms with Gasteiger partial charge in [0.25, 0.3) is 0 Å². The molecule has 1 N–H and O–H groups in total. The number of hydrogen-bond donors (Lipinski definition) is 1. The van der Waals surface area contributed by atoms with E-state index in [4.69, 9.17) is 4.99 Å². The largest absolute Gasteiger partial charge is 0.365 e. The molecule has 1 aliphatic heterocycles. The molecular weight excluding hydrogens is 404 g/mol. The zero-order valence-corrected chi connectivity index (χ0v) is 21.2. The number of nitrogens with zero attached hydrogens (tertiary/aromatic N) is 3. The second-order valence-corrected chi connectivity index (χ2v) is 8.78. The van der Waals surface area contributed by atoms with Gasteiger partial charge in [0.2, 0.25) is 0 Å². The number of amidine groups is 1. The van der Waals surface area contributed by atoms with E-state index in [2.05, 4.69) is 73.5 Å². The molecule has 0 saturated carbocycles. The van der Waals surface area contributed by atoms with Gasteiger partial charge in [-0.1, -0.05) is 39.1 Å². The summed E-state index contributed by atoms with van der Waals surface area (Å²) < 4.78 is 0. The van der Waals surface area contributed by atoms with Crippen LogP contribution in [-0.2, 0) is 6.54 Å². The van der Waals surface area contributed by atoms with Crippen molar-refractivity contribution in [3.63, 3.8) is 0 Å². The van der Waals surface area contributed by atoms with Crippen molar-refractivity contribution in [3.8, 4) is 0 Å². The average Bonchev–Trinajstić information content (AvgIpc) is 2.82. The monoisotopic (exact) mass is 442 g/mol. The highest BCUT2D eigenvalue weighted by atomic mass is 15.2. The number of aryl methyl sites for hydroxylation is 2. The molecule has 0 radical (unpaired) electrons. The van der Waals surface area contributed by atoms with Crippen LogP contribution in [0.1, 0.15) is 74.3 Å². The molecule has 174 valence electrons. The Morgan fingerprint density at radius 2 is 1.88 bits per heavy atom. The second-order valence-electron chi connectivity index (χ2n) is 8.78. The van der Waals surface area contributed by atoms with E-state index >= 15 is 0 Å². The fourth-order valence-electron chi connectivity index (χ4n) is 4.37. The van der Waals surface area contributed by atoms with Gasteiger partial charge in [-0.3, -0.25) is 0 Å². The first-order chi connectivity index (χ1) is 15.8. The minimum Gasteiger partial charge on any atom is -0.365 e. The molecule has 2 aliphatic rings. The van der Waals surface area contributed by atoms with Crippen molar-refractivity contribution < 1.29 is 0 Å². The number of nitrogens with one attached hydrogen (secondary N) is 1. The highest BCUT2D eigenvalue weighted by Crippen LogP contribution is 2.39. The van der Waals surface area contributed by atoms with Gasteiger partial charge in [-0.15, -0.1) is 0 Å². The van der Waals surface area contributed by atoms with Gasteiger partial charge in [-0.05, 0) is 86.4 Å². The average molecular weight is 443 g/mol. The molecule has 0 fully saturated rings. The van der Waals surface area contributed by atoms with E-state index in [-0.39, 0.29) is 0 Å². The van der Waals surface area contributed by atoms with Crippen LogP contribution in [0.25, 0.3) is 11.3 Å². The molecule has 4 heteroatoms. The summed E-state index contributed by atoms with van der Waals surface area (Å²) in [5.41, 5.74) is 10.0. The van der Waals surface area contributed by atoms with Gasteiger partial charge in [-0.2, -0.15) is 0 Å². The lowest BCUT2D eigenvalue weighted by atomic mass is 9.94. The van der Waals surface area contributed by atoms with Crippen LogP contribution in [0.3, 0.4) is 0 Å². The number of anilines is 1. The summed E-state index contributed by atoms with van der Waals surface area (Å²) in [7, 11) is 2.08. The number of allylic oxidation sites excluding steroid dienone is 2. The van der Waals surface area contributed by atoms with Crippen molar-refractivity contribution in [2.45, 2.75) is 66.8 Å². The molecule has 1 aromatic heterocycles. The van der Waals surface area contributed by atoms with Crippen LogP contribution in [0, 0.1) is 13.8 Å². The van der Waals surface area contributed by atoms with E-state index in [1.807, 2.05) is 27.0 Å². The third kappa shape index (κ3) is 5.27. The van der Waals surface area contributed by atoms with Crippen molar-refractivity contribution in [1.82, 2.24) is 9.88 Å². The normalized spacial score (nSPS) is 15.1. The Kier molecular flexibility index (Phi) is 7.91. The predicted molar refractivity (Wildman–Crippen MR) is 144 cm³/mol. The van der Waals surface area contributed by atoms with Crippen molar-refractivity contribution in [2.75, 3.05) is 12.4 Å². The van der Waals surface area contributed by atoms with Crippen molar-refractivity contribution in [1.29, 1.82) is 0 Å². The van der Waals surface area contributed by atoms with Crippen molar-refractivity contribution in [3.05, 3.63) is 77.0 Å². The molecule has 1 aliphatic carbocycles. The number of pyridine rings is 1. The van der Waals surface area contributed by atoms with E-state index < -0.39 is 0 Å². The smallest absolute Gasteiger partial charge is 0.136 e. The number of fused-ring (bicyclic) bond motifs is 1. The van der Waals surface area contributed by atoms with Gasteiger partial charge in [0, 0.05) is 36.6 Å². The highest BCUT2D eigenvalue weighted by molar-refractivity contribution is 6.07. The van der Waals surface area contributed by atoms with Gasteiger partial charge in [-0.25, -0.2) is 9.98 Å². The summed E-state index contributed by atoms with van der Waals surface area (Å²) >= 11 is 0. The van der Waals surface area contributed by atoms with E-state index in [0.717, 1.165) is 63.7 Å². The molecule has 0 amide bonds. The summed E-state index contributed by atoms with van der Waals surface area (Å²) in [6.45, 7) is 19.4. The van der Waals surface area contributed by atoms with Crippen molar-refractivity contribution >= 4 is 28.6 Å². The molecule has 0 unspecified atom stereocenters. The SMILES string of the molecule is C=C(C)c1cc(C)cnc1NCc1cc(C)cc2c1N=C(C1=CCCCC1)N(C)C2=C.CC. The van der Waals surface area contributed by atoms with Gasteiger partial charge in [0.15, 0.2) is 0 Å². The Hall–Kier alpha value is -3.14. The summed E-state index contributed by atoms with van der Waals surface area (Å²) in [5, 5.41) is 3.54. The molecule has 0 saturated heterocycles. The van der Waals surface area contributed by atoms with Crippen LogP contribution in [-0.4, -0.2) is 22.8 Å². The first-order valence-electron chi connectivity index (χ1n) is 12.1. The molecule has 0 atom stereocenters. The zero-order valence-electron chi connectivity index (χ0n) is 21.2. The Morgan fingerprint density at radius 1 is 1.12 bits per heavy atom. The Labute approximate surface area is 199 Å². The topological polar surface area (TPSA) is 40.5 Å². The number of benzene rings is 1. The van der Waals surface area contributed by atoms with E-state index in [1.165, 1.54) is 24.0 Å². The summed E-state index contributed by atoms with van der Waals surface area (Å²) in [6, 6.07) is 6.54. The zero-order chi connectivity index (χ0) is 24.1. The van der Waals surface area contributed by atoms with Crippen LogP contribution in [0.5, 0.6) is 0 Å². The molecule has 1 aromatic carbocycles. The summed E-state index contributed by atoms with van der Waals surface area (Å²) in [5.74, 6) is 1.90. The second kappa shape index (κ2) is 10.7. The molecular formula is C29H38N4. The summed E-state index contributed by atoms with van der Waals surface area (Å²) in [6.07, 6.45) is 8.94. The molecule has 0 bridgehead atoms. The third-order valence-corrected chi connectivity index (χ3v) is 6.09. The van der Waals surface area contributed by atoms with Crippen LogP contribution >= 0.6 is 0 Å². The maximum Gasteiger partial charge on any atom is 0.136 e. The molecule has 4 rings (SSSR count). The molecule has 0 spiro atoms.